The molecule has 7 nitrogen and oxygen atoms in total. The second-order valence-electron chi connectivity index (χ2n) is 4.84. The molecule has 1 saturated heterocycles. The number of rotatable bonds is 6. The van der Waals surface area contributed by atoms with Crippen LogP contribution in [-0.2, 0) is 15.6 Å². The van der Waals surface area contributed by atoms with Gasteiger partial charge in [0.1, 0.15) is 0 Å². The van der Waals surface area contributed by atoms with Crippen molar-refractivity contribution in [2.75, 3.05) is 26.0 Å². The fourth-order valence-corrected chi connectivity index (χ4v) is 3.87. The van der Waals surface area contributed by atoms with Gasteiger partial charge in [0.05, 0.1) is 23.5 Å². The van der Waals surface area contributed by atoms with Gasteiger partial charge in [0, 0.05) is 19.2 Å². The van der Waals surface area contributed by atoms with Gasteiger partial charge in [-0.2, -0.15) is 0 Å². The molecule has 8 heteroatoms. The van der Waals surface area contributed by atoms with E-state index in [1.165, 1.54) is 19.2 Å². The summed E-state index contributed by atoms with van der Waals surface area (Å²) >= 11 is 0. The minimum Gasteiger partial charge on any atom is -0.490 e. The Morgan fingerprint density at radius 2 is 2.15 bits per heavy atom. The Morgan fingerprint density at radius 1 is 1.45 bits per heavy atom. The third kappa shape index (κ3) is 3.45. The van der Waals surface area contributed by atoms with E-state index in [1.54, 1.807) is 6.07 Å². The van der Waals surface area contributed by atoms with Crippen LogP contribution in [0.15, 0.2) is 18.2 Å². The molecule has 0 unspecified atom stereocenters. The summed E-state index contributed by atoms with van der Waals surface area (Å²) in [6.45, 7) is 1.42. The molecule has 0 amide bonds. The first kappa shape index (κ1) is 14.7. The Morgan fingerprint density at radius 3 is 2.65 bits per heavy atom. The summed E-state index contributed by atoms with van der Waals surface area (Å²) in [6, 6.07) is 4.23. The smallest absolute Gasteiger partial charge is 0.311 e. The van der Waals surface area contributed by atoms with E-state index < -0.39 is 14.8 Å². The highest BCUT2D eigenvalue weighted by Gasteiger charge is 2.25. The number of benzene rings is 1. The average molecular weight is 300 g/mol. The van der Waals surface area contributed by atoms with Crippen LogP contribution in [0.3, 0.4) is 0 Å². The molecule has 0 atom stereocenters. The fraction of sp³-hybridized carbons (Fsp3) is 0.500. The molecular weight excluding hydrogens is 284 g/mol. The van der Waals surface area contributed by atoms with Crippen LogP contribution < -0.4 is 10.1 Å². The maximum absolute atomic E-state index is 12.0. The zero-order valence-corrected chi connectivity index (χ0v) is 11.9. The van der Waals surface area contributed by atoms with Crippen molar-refractivity contribution in [3.63, 3.8) is 0 Å². The molecule has 0 saturated carbocycles. The number of nitro benzene ring substituents is 1. The average Bonchev–Trinajstić information content (AvgIpc) is 2.33. The number of ether oxygens (including phenoxy) is 1. The monoisotopic (exact) mass is 300 g/mol. The molecule has 0 spiro atoms. The molecule has 1 aliphatic heterocycles. The lowest BCUT2D eigenvalue weighted by Gasteiger charge is -2.26. The maximum Gasteiger partial charge on any atom is 0.311 e. The zero-order valence-electron chi connectivity index (χ0n) is 11.0. The minimum atomic E-state index is -3.26. The van der Waals surface area contributed by atoms with E-state index in [4.69, 9.17) is 4.74 Å². The van der Waals surface area contributed by atoms with Gasteiger partial charge in [-0.25, -0.2) is 8.42 Å². The molecule has 0 aromatic heterocycles. The van der Waals surface area contributed by atoms with Gasteiger partial charge in [0.15, 0.2) is 15.6 Å². The predicted molar refractivity (Wildman–Crippen MR) is 73.5 cm³/mol. The molecule has 0 bridgehead atoms. The summed E-state index contributed by atoms with van der Waals surface area (Å²) in [5, 5.41) is 13.9. The van der Waals surface area contributed by atoms with Crippen LogP contribution >= 0.6 is 0 Å². The van der Waals surface area contributed by atoms with E-state index in [0.717, 1.165) is 0 Å². The first-order chi connectivity index (χ1) is 9.41. The largest absolute Gasteiger partial charge is 0.490 e. The minimum absolute atomic E-state index is 0.111. The Kier molecular flexibility index (Phi) is 4.24. The first-order valence-corrected chi connectivity index (χ1v) is 7.96. The van der Waals surface area contributed by atoms with Crippen molar-refractivity contribution < 1.29 is 18.1 Å². The van der Waals surface area contributed by atoms with Gasteiger partial charge in [-0.1, -0.05) is 6.07 Å². The van der Waals surface area contributed by atoms with Crippen molar-refractivity contribution in [1.29, 1.82) is 0 Å². The van der Waals surface area contributed by atoms with E-state index in [9.17, 15) is 18.5 Å². The number of nitro groups is 1. The van der Waals surface area contributed by atoms with Crippen LogP contribution in [0.4, 0.5) is 5.69 Å². The standard InChI is InChI=1S/C12H16N2O5S/c1-19-12-3-2-9(4-11(12)14(15)16)7-20(17,18)8-10-5-13-6-10/h2-4,10,13H,5-8H2,1H3. The summed E-state index contributed by atoms with van der Waals surface area (Å²) < 4.78 is 28.9. The highest BCUT2D eigenvalue weighted by atomic mass is 32.2. The lowest BCUT2D eigenvalue weighted by atomic mass is 10.1. The third-order valence-corrected chi connectivity index (χ3v) is 4.93. The third-order valence-electron chi connectivity index (χ3n) is 3.18. The predicted octanol–water partition coefficient (Wildman–Crippen LogP) is 0.738. The van der Waals surface area contributed by atoms with E-state index in [2.05, 4.69) is 5.32 Å². The molecule has 0 radical (unpaired) electrons. The summed E-state index contributed by atoms with van der Waals surface area (Å²) in [5.74, 6) is 0.196. The second-order valence-corrected chi connectivity index (χ2v) is 6.95. The Hall–Kier alpha value is -1.67. The van der Waals surface area contributed by atoms with Gasteiger partial charge in [0.2, 0.25) is 0 Å². The Labute approximate surface area is 117 Å². The molecule has 1 aromatic rings. The molecule has 20 heavy (non-hydrogen) atoms. The Balaban J connectivity index is 2.16. The lowest BCUT2D eigenvalue weighted by Crippen LogP contribution is -2.45. The number of nitrogens with one attached hydrogen (secondary N) is 1. The Bertz CT molecular complexity index is 610. The van der Waals surface area contributed by atoms with Crippen LogP contribution in [-0.4, -0.2) is 39.3 Å². The molecule has 1 N–H and O–H groups in total. The summed E-state index contributed by atoms with van der Waals surface area (Å²) in [7, 11) is -1.92. The van der Waals surface area contributed by atoms with Crippen LogP contribution in [0.25, 0.3) is 0 Å². The normalized spacial score (nSPS) is 15.7. The van der Waals surface area contributed by atoms with Gasteiger partial charge < -0.3 is 10.1 Å². The van der Waals surface area contributed by atoms with Crippen molar-refractivity contribution in [2.45, 2.75) is 5.75 Å². The number of nitrogens with zero attached hydrogens (tertiary/aromatic N) is 1. The first-order valence-electron chi connectivity index (χ1n) is 6.14. The van der Waals surface area contributed by atoms with Crippen LogP contribution in [0, 0.1) is 16.0 Å². The molecule has 1 aromatic carbocycles. The van der Waals surface area contributed by atoms with E-state index >= 15 is 0 Å². The molecule has 2 rings (SSSR count). The topological polar surface area (TPSA) is 98.5 Å². The van der Waals surface area contributed by atoms with Gasteiger partial charge in [0.25, 0.3) is 0 Å². The number of hydrogen-bond donors (Lipinski definition) is 1. The van der Waals surface area contributed by atoms with Crippen LogP contribution in [0.5, 0.6) is 5.75 Å². The second kappa shape index (κ2) is 5.76. The van der Waals surface area contributed by atoms with Crippen LogP contribution in [0.1, 0.15) is 5.56 Å². The molecule has 110 valence electrons. The molecule has 1 fully saturated rings. The summed E-state index contributed by atoms with van der Waals surface area (Å²) in [4.78, 5) is 10.3. The van der Waals surface area contributed by atoms with E-state index in [0.29, 0.717) is 18.7 Å². The van der Waals surface area contributed by atoms with Crippen molar-refractivity contribution in [1.82, 2.24) is 5.32 Å². The van der Waals surface area contributed by atoms with Gasteiger partial charge in [-0.05, 0) is 17.5 Å². The van der Waals surface area contributed by atoms with Crippen LogP contribution in [0.2, 0.25) is 0 Å². The molecule has 1 aliphatic rings. The quantitative estimate of drug-likeness (QED) is 0.614. The SMILES string of the molecule is COc1ccc(CS(=O)(=O)CC2CNC2)cc1[N+](=O)[O-]. The summed E-state index contributed by atoms with van der Waals surface area (Å²) in [6.07, 6.45) is 0. The van der Waals surface area contributed by atoms with Crippen molar-refractivity contribution in [2.24, 2.45) is 5.92 Å². The van der Waals surface area contributed by atoms with Crippen molar-refractivity contribution >= 4 is 15.5 Å². The molecular formula is C12H16N2O5S. The highest BCUT2D eigenvalue weighted by Crippen LogP contribution is 2.28. The fourth-order valence-electron chi connectivity index (χ4n) is 2.11. The number of sulfone groups is 1. The van der Waals surface area contributed by atoms with Gasteiger partial charge in [-0.15, -0.1) is 0 Å². The van der Waals surface area contributed by atoms with Gasteiger partial charge >= 0.3 is 5.69 Å². The highest BCUT2D eigenvalue weighted by molar-refractivity contribution is 7.90. The summed E-state index contributed by atoms with van der Waals surface area (Å²) in [5.41, 5.74) is 0.190. The van der Waals surface area contributed by atoms with Gasteiger partial charge in [-0.3, -0.25) is 10.1 Å². The number of methoxy groups -OCH3 is 1. The van der Waals surface area contributed by atoms with E-state index in [1.807, 2.05) is 0 Å². The maximum atomic E-state index is 12.0. The molecule has 1 heterocycles. The molecule has 0 aliphatic carbocycles. The van der Waals surface area contributed by atoms with Crippen molar-refractivity contribution in [3.05, 3.63) is 33.9 Å². The lowest BCUT2D eigenvalue weighted by molar-refractivity contribution is -0.385. The van der Waals surface area contributed by atoms with Crippen molar-refractivity contribution in [3.8, 4) is 5.75 Å². The van der Waals surface area contributed by atoms with E-state index in [-0.39, 0.29) is 28.9 Å². The zero-order chi connectivity index (χ0) is 14.8. The number of hydrogen-bond acceptors (Lipinski definition) is 6.